The maximum atomic E-state index is 5.60. The lowest BCUT2D eigenvalue weighted by Gasteiger charge is -1.94. The highest BCUT2D eigenvalue weighted by Gasteiger charge is 1.94. The first-order chi connectivity index (χ1) is 4.20. The quantitative estimate of drug-likeness (QED) is 0.607. The summed E-state index contributed by atoms with van der Waals surface area (Å²) in [7, 11) is 0. The number of rotatable bonds is 0. The van der Waals surface area contributed by atoms with Gasteiger partial charge >= 0.3 is 0 Å². The number of nitrogens with two attached hydrogens (primary N) is 1. The minimum absolute atomic E-state index is 0. The van der Waals surface area contributed by atoms with E-state index < -0.39 is 0 Å². The third-order valence-electron chi connectivity index (χ3n) is 0.944. The molecule has 2 nitrogen and oxygen atoms in total. The molecule has 0 saturated carbocycles. The molecule has 0 unspecified atom stereocenters. The molecule has 1 aromatic rings. The van der Waals surface area contributed by atoms with Crippen molar-refractivity contribution in [3.63, 3.8) is 0 Å². The molecule has 0 aliphatic rings. The van der Waals surface area contributed by atoms with Gasteiger partial charge in [-0.3, -0.25) is 0 Å². The normalized spacial score (nSPS) is 8.60. The molecule has 0 aromatic heterocycles. The Kier molecular flexibility index (Phi) is 3.50. The number of hydrogen-bond donors (Lipinski definition) is 1. The van der Waals surface area contributed by atoms with Crippen LogP contribution >= 0.6 is 23.2 Å². The maximum absolute atomic E-state index is 5.60. The molecule has 0 aliphatic carbocycles. The number of hydrogen-bond acceptors (Lipinski definition) is 1. The van der Waals surface area contributed by atoms with Gasteiger partial charge in [0.05, 0.1) is 10.0 Å². The van der Waals surface area contributed by atoms with E-state index in [0.29, 0.717) is 15.7 Å². The molecule has 0 spiro atoms. The summed E-state index contributed by atoms with van der Waals surface area (Å²) in [5, 5.41) is 1.03. The van der Waals surface area contributed by atoms with Crippen LogP contribution in [0.5, 0.6) is 0 Å². The standard InChI is InChI=1S/C6H5Cl2N.H2O/c7-5-2-1-4(9)3-6(5)8;/h1-3H,9H2;1H2. The fourth-order valence-corrected chi connectivity index (χ4v) is 0.819. The van der Waals surface area contributed by atoms with Crippen molar-refractivity contribution in [1.82, 2.24) is 0 Å². The summed E-state index contributed by atoms with van der Waals surface area (Å²) >= 11 is 11.2. The minimum Gasteiger partial charge on any atom is -0.412 e. The molecular formula is C6H7Cl2NO. The lowest BCUT2D eigenvalue weighted by Crippen LogP contribution is -1.82. The van der Waals surface area contributed by atoms with Gasteiger partial charge in [-0.15, -0.1) is 0 Å². The molecule has 4 N–H and O–H groups in total. The van der Waals surface area contributed by atoms with Crippen LogP contribution in [-0.4, -0.2) is 5.48 Å². The van der Waals surface area contributed by atoms with Crippen LogP contribution in [0.15, 0.2) is 18.2 Å². The summed E-state index contributed by atoms with van der Waals surface area (Å²) in [6.45, 7) is 0. The van der Waals surface area contributed by atoms with E-state index in [4.69, 9.17) is 28.9 Å². The summed E-state index contributed by atoms with van der Waals surface area (Å²) < 4.78 is 0. The molecule has 0 fully saturated rings. The van der Waals surface area contributed by atoms with Crippen molar-refractivity contribution in [2.45, 2.75) is 0 Å². The summed E-state index contributed by atoms with van der Waals surface area (Å²) in [5.41, 5.74) is 6.01. The Morgan fingerprint density at radius 3 is 2.10 bits per heavy atom. The number of nitrogen functional groups attached to an aromatic ring is 1. The van der Waals surface area contributed by atoms with E-state index in [-0.39, 0.29) is 5.48 Å². The van der Waals surface area contributed by atoms with Crippen LogP contribution < -0.4 is 5.73 Å². The van der Waals surface area contributed by atoms with Gasteiger partial charge in [-0.2, -0.15) is 0 Å². The molecule has 4 heteroatoms. The van der Waals surface area contributed by atoms with E-state index in [2.05, 4.69) is 0 Å². The average Bonchev–Trinajstić information content (AvgIpc) is 1.80. The van der Waals surface area contributed by atoms with Gasteiger partial charge in [0.1, 0.15) is 0 Å². The van der Waals surface area contributed by atoms with Crippen molar-refractivity contribution in [2.75, 3.05) is 5.73 Å². The fourth-order valence-electron chi connectivity index (χ4n) is 0.512. The van der Waals surface area contributed by atoms with Crippen molar-refractivity contribution in [2.24, 2.45) is 0 Å². The zero-order valence-corrected chi connectivity index (χ0v) is 6.58. The topological polar surface area (TPSA) is 57.5 Å². The van der Waals surface area contributed by atoms with Gasteiger partial charge in [-0.05, 0) is 18.2 Å². The molecule has 1 aromatic carbocycles. The number of anilines is 1. The average molecular weight is 180 g/mol. The summed E-state index contributed by atoms with van der Waals surface area (Å²) in [6, 6.07) is 4.98. The molecule has 0 radical (unpaired) electrons. The van der Waals surface area contributed by atoms with Crippen molar-refractivity contribution >= 4 is 28.9 Å². The molecule has 0 saturated heterocycles. The summed E-state index contributed by atoms with van der Waals surface area (Å²) in [6.07, 6.45) is 0. The van der Waals surface area contributed by atoms with Gasteiger partial charge < -0.3 is 11.2 Å². The first-order valence-corrected chi connectivity index (χ1v) is 3.16. The zero-order chi connectivity index (χ0) is 6.85. The molecule has 0 atom stereocenters. The second-order valence-corrected chi connectivity index (χ2v) is 2.49. The van der Waals surface area contributed by atoms with Crippen molar-refractivity contribution in [3.05, 3.63) is 28.2 Å². The van der Waals surface area contributed by atoms with Gasteiger partial charge in [0, 0.05) is 5.69 Å². The first kappa shape index (κ1) is 9.56. The van der Waals surface area contributed by atoms with Crippen molar-refractivity contribution in [3.8, 4) is 0 Å². The molecule has 0 bridgehead atoms. The maximum Gasteiger partial charge on any atom is 0.0612 e. The second-order valence-electron chi connectivity index (χ2n) is 1.67. The molecular weight excluding hydrogens is 173 g/mol. The Labute approximate surface area is 68.9 Å². The lowest BCUT2D eigenvalue weighted by atomic mass is 10.3. The first-order valence-electron chi connectivity index (χ1n) is 2.40. The number of halogens is 2. The Hall–Kier alpha value is -0.440. The van der Waals surface area contributed by atoms with Crippen LogP contribution in [0.1, 0.15) is 0 Å². The van der Waals surface area contributed by atoms with Gasteiger partial charge in [0.2, 0.25) is 0 Å². The Bertz CT molecular complexity index is 227. The summed E-state index contributed by atoms with van der Waals surface area (Å²) in [4.78, 5) is 0. The van der Waals surface area contributed by atoms with Gasteiger partial charge in [0.15, 0.2) is 0 Å². The number of benzene rings is 1. The third-order valence-corrected chi connectivity index (χ3v) is 1.68. The highest BCUT2D eigenvalue weighted by atomic mass is 35.5. The Morgan fingerprint density at radius 1 is 1.10 bits per heavy atom. The molecule has 0 heterocycles. The molecule has 0 aliphatic heterocycles. The Balaban J connectivity index is 0.000000810. The lowest BCUT2D eigenvalue weighted by molar-refractivity contribution is 0.824. The predicted octanol–water partition coefficient (Wildman–Crippen LogP) is 1.75. The molecule has 0 amide bonds. The minimum atomic E-state index is 0. The van der Waals surface area contributed by atoms with Crippen LogP contribution in [0.2, 0.25) is 10.0 Å². The van der Waals surface area contributed by atoms with Crippen LogP contribution in [0, 0.1) is 0 Å². The SMILES string of the molecule is Nc1ccc(Cl)c(Cl)c1.O. The van der Waals surface area contributed by atoms with E-state index in [1.165, 1.54) is 0 Å². The Morgan fingerprint density at radius 2 is 1.70 bits per heavy atom. The summed E-state index contributed by atoms with van der Waals surface area (Å²) in [5.74, 6) is 0. The largest absolute Gasteiger partial charge is 0.412 e. The van der Waals surface area contributed by atoms with E-state index >= 15 is 0 Å². The van der Waals surface area contributed by atoms with E-state index in [1.54, 1.807) is 18.2 Å². The van der Waals surface area contributed by atoms with Crippen LogP contribution in [-0.2, 0) is 0 Å². The zero-order valence-electron chi connectivity index (χ0n) is 5.07. The smallest absolute Gasteiger partial charge is 0.0612 e. The van der Waals surface area contributed by atoms with Crippen molar-refractivity contribution in [1.29, 1.82) is 0 Å². The van der Waals surface area contributed by atoms with E-state index in [1.807, 2.05) is 0 Å². The molecule has 56 valence electrons. The second kappa shape index (κ2) is 3.66. The monoisotopic (exact) mass is 179 g/mol. The predicted molar refractivity (Wildman–Crippen MR) is 44.5 cm³/mol. The van der Waals surface area contributed by atoms with E-state index in [0.717, 1.165) is 0 Å². The molecule has 1 rings (SSSR count). The fraction of sp³-hybridized carbons (Fsp3) is 0. The highest BCUT2D eigenvalue weighted by molar-refractivity contribution is 6.42. The van der Waals surface area contributed by atoms with Gasteiger partial charge in [-0.25, -0.2) is 0 Å². The van der Waals surface area contributed by atoms with Gasteiger partial charge in [0.25, 0.3) is 0 Å². The highest BCUT2D eigenvalue weighted by Crippen LogP contribution is 2.23. The van der Waals surface area contributed by atoms with Gasteiger partial charge in [-0.1, -0.05) is 23.2 Å². The van der Waals surface area contributed by atoms with Crippen LogP contribution in [0.25, 0.3) is 0 Å². The van der Waals surface area contributed by atoms with E-state index in [9.17, 15) is 0 Å². The van der Waals surface area contributed by atoms with Crippen LogP contribution in [0.3, 0.4) is 0 Å². The molecule has 10 heavy (non-hydrogen) atoms. The van der Waals surface area contributed by atoms with Crippen LogP contribution in [0.4, 0.5) is 5.69 Å². The third kappa shape index (κ3) is 2.06. The van der Waals surface area contributed by atoms with Crippen molar-refractivity contribution < 1.29 is 5.48 Å².